The van der Waals surface area contributed by atoms with E-state index in [0.29, 0.717) is 37.5 Å². The van der Waals surface area contributed by atoms with Gasteiger partial charge in [0.15, 0.2) is 0 Å². The number of amides is 1. The summed E-state index contributed by atoms with van der Waals surface area (Å²) >= 11 is 0. The number of carbonyl (C=O) groups excluding carboxylic acids is 1. The van der Waals surface area contributed by atoms with Gasteiger partial charge in [-0.05, 0) is 43.9 Å². The Kier molecular flexibility index (Phi) is 6.39. The molecule has 0 spiro atoms. The fourth-order valence-electron chi connectivity index (χ4n) is 3.72. The maximum Gasteiger partial charge on any atom is 0.257 e. The van der Waals surface area contributed by atoms with Gasteiger partial charge in [0, 0.05) is 32.2 Å². The molecule has 150 valence electrons. The zero-order valence-corrected chi connectivity index (χ0v) is 16.7. The molecule has 0 radical (unpaired) electrons. The van der Waals surface area contributed by atoms with Crippen molar-refractivity contribution < 1.29 is 17.9 Å². The summed E-state index contributed by atoms with van der Waals surface area (Å²) in [7, 11) is -2.13. The van der Waals surface area contributed by atoms with Crippen molar-refractivity contribution >= 4 is 15.9 Å². The highest BCUT2D eigenvalue weighted by Gasteiger charge is 2.29. The number of hydrogen-bond acceptors (Lipinski definition) is 5. The summed E-state index contributed by atoms with van der Waals surface area (Å²) in [6, 6.07) is 4.69. The largest absolute Gasteiger partial charge is 0.496 e. The molecule has 1 aromatic carbocycles. The Morgan fingerprint density at radius 2 is 1.70 bits per heavy atom. The van der Waals surface area contributed by atoms with Crippen LogP contribution in [-0.2, 0) is 10.0 Å². The van der Waals surface area contributed by atoms with E-state index in [2.05, 4.69) is 0 Å². The molecule has 0 unspecified atom stereocenters. The van der Waals surface area contributed by atoms with Crippen LogP contribution in [0.25, 0.3) is 0 Å². The smallest absolute Gasteiger partial charge is 0.257 e. The van der Waals surface area contributed by atoms with Crippen LogP contribution in [0.3, 0.4) is 0 Å². The third kappa shape index (κ3) is 4.44. The lowest BCUT2D eigenvalue weighted by molar-refractivity contribution is 0.0711. The van der Waals surface area contributed by atoms with Crippen LogP contribution < -0.4 is 10.5 Å². The standard InChI is InChI=1S/C19H29N3O4S/c1-26-18-7-6-16(27(24,25)22-10-4-2-3-5-11-22)14-17(18)19(23)21-12-8-15(20)9-13-21/h6-7,14-15H,2-5,8-13,20H2,1H3. The number of ether oxygens (including phenoxy) is 1. The van der Waals surface area contributed by atoms with Gasteiger partial charge in [0.2, 0.25) is 10.0 Å². The Morgan fingerprint density at radius 3 is 2.30 bits per heavy atom. The molecule has 8 heteroatoms. The normalized spacial score (nSPS) is 20.3. The maximum atomic E-state index is 13.1. The number of methoxy groups -OCH3 is 1. The van der Waals surface area contributed by atoms with Gasteiger partial charge >= 0.3 is 0 Å². The van der Waals surface area contributed by atoms with Crippen molar-refractivity contribution in [2.45, 2.75) is 49.5 Å². The molecule has 2 aliphatic heterocycles. The lowest BCUT2D eigenvalue weighted by Crippen LogP contribution is -2.43. The van der Waals surface area contributed by atoms with E-state index in [9.17, 15) is 13.2 Å². The molecule has 0 aliphatic carbocycles. The maximum absolute atomic E-state index is 13.1. The number of nitrogens with two attached hydrogens (primary N) is 1. The van der Waals surface area contributed by atoms with E-state index in [1.165, 1.54) is 23.5 Å². The molecular formula is C19H29N3O4S. The number of nitrogens with zero attached hydrogens (tertiary/aromatic N) is 2. The average Bonchev–Trinajstić information content (AvgIpc) is 2.97. The summed E-state index contributed by atoms with van der Waals surface area (Å²) in [4.78, 5) is 14.9. The molecule has 0 saturated carbocycles. The second-order valence-electron chi connectivity index (χ2n) is 7.31. The Bertz CT molecular complexity index is 765. The van der Waals surface area contributed by atoms with Crippen molar-refractivity contribution in [1.82, 2.24) is 9.21 Å². The van der Waals surface area contributed by atoms with Crippen LogP contribution in [0.1, 0.15) is 48.9 Å². The molecule has 2 N–H and O–H groups in total. The fourth-order valence-corrected chi connectivity index (χ4v) is 5.26. The monoisotopic (exact) mass is 395 g/mol. The number of benzene rings is 1. The summed E-state index contributed by atoms with van der Waals surface area (Å²) in [6.07, 6.45) is 5.34. The number of hydrogen-bond donors (Lipinski definition) is 1. The lowest BCUT2D eigenvalue weighted by atomic mass is 10.0. The Labute approximate surface area is 161 Å². The number of carbonyl (C=O) groups is 1. The van der Waals surface area contributed by atoms with Gasteiger partial charge in [-0.3, -0.25) is 4.79 Å². The summed E-state index contributed by atoms with van der Waals surface area (Å²) in [5.41, 5.74) is 6.22. The quantitative estimate of drug-likeness (QED) is 0.839. The highest BCUT2D eigenvalue weighted by atomic mass is 32.2. The minimum atomic E-state index is -3.62. The minimum absolute atomic E-state index is 0.116. The van der Waals surface area contributed by atoms with Gasteiger partial charge in [-0.15, -0.1) is 0 Å². The van der Waals surface area contributed by atoms with Gasteiger partial charge in [0.05, 0.1) is 17.6 Å². The van der Waals surface area contributed by atoms with Gasteiger partial charge < -0.3 is 15.4 Å². The Morgan fingerprint density at radius 1 is 1.07 bits per heavy atom. The van der Waals surface area contributed by atoms with E-state index >= 15 is 0 Å². The minimum Gasteiger partial charge on any atom is -0.496 e. The summed E-state index contributed by atoms with van der Waals surface area (Å²) < 4.78 is 33.0. The molecule has 2 fully saturated rings. The van der Waals surface area contributed by atoms with Crippen molar-refractivity contribution in [3.8, 4) is 5.75 Å². The van der Waals surface area contributed by atoms with Crippen LogP contribution in [0.4, 0.5) is 0 Å². The van der Waals surface area contributed by atoms with Crippen LogP contribution in [0.15, 0.2) is 23.1 Å². The molecule has 1 amide bonds. The third-order valence-corrected chi connectivity index (χ3v) is 7.33. The molecular weight excluding hydrogens is 366 g/mol. The predicted octanol–water partition coefficient (Wildman–Crippen LogP) is 1.82. The summed E-state index contributed by atoms with van der Waals surface area (Å²) in [5, 5.41) is 0. The zero-order valence-electron chi connectivity index (χ0n) is 15.9. The Balaban J connectivity index is 1.89. The number of sulfonamides is 1. The van der Waals surface area contributed by atoms with Gasteiger partial charge in [0.25, 0.3) is 5.91 Å². The zero-order chi connectivity index (χ0) is 19.4. The molecule has 7 nitrogen and oxygen atoms in total. The first-order chi connectivity index (χ1) is 12.9. The molecule has 2 aliphatic rings. The van der Waals surface area contributed by atoms with E-state index in [-0.39, 0.29) is 16.8 Å². The predicted molar refractivity (Wildman–Crippen MR) is 103 cm³/mol. The molecule has 0 bridgehead atoms. The first-order valence-electron chi connectivity index (χ1n) is 9.66. The van der Waals surface area contributed by atoms with Crippen molar-refractivity contribution in [2.75, 3.05) is 33.3 Å². The average molecular weight is 396 g/mol. The number of piperidine rings is 1. The van der Waals surface area contributed by atoms with Crippen LogP contribution >= 0.6 is 0 Å². The van der Waals surface area contributed by atoms with Crippen molar-refractivity contribution in [3.05, 3.63) is 23.8 Å². The lowest BCUT2D eigenvalue weighted by Gasteiger charge is -2.30. The molecule has 27 heavy (non-hydrogen) atoms. The van der Waals surface area contributed by atoms with E-state index in [0.717, 1.165) is 38.5 Å². The highest BCUT2D eigenvalue weighted by molar-refractivity contribution is 7.89. The number of likely N-dealkylation sites (tertiary alicyclic amines) is 1. The van der Waals surface area contributed by atoms with E-state index in [1.807, 2.05) is 0 Å². The van der Waals surface area contributed by atoms with Crippen molar-refractivity contribution in [2.24, 2.45) is 5.73 Å². The third-order valence-electron chi connectivity index (χ3n) is 5.43. The second kappa shape index (κ2) is 8.58. The summed E-state index contributed by atoms with van der Waals surface area (Å²) in [6.45, 7) is 2.21. The molecule has 0 aromatic heterocycles. The molecule has 1 aromatic rings. The first-order valence-corrected chi connectivity index (χ1v) is 11.1. The van der Waals surface area contributed by atoms with E-state index in [4.69, 9.17) is 10.5 Å². The second-order valence-corrected chi connectivity index (χ2v) is 9.25. The Hall–Kier alpha value is -1.64. The molecule has 0 atom stereocenters. The fraction of sp³-hybridized carbons (Fsp3) is 0.632. The SMILES string of the molecule is COc1ccc(S(=O)(=O)N2CCCCCC2)cc1C(=O)N1CCC(N)CC1. The van der Waals surface area contributed by atoms with Crippen LogP contribution in [0.5, 0.6) is 5.75 Å². The van der Waals surface area contributed by atoms with Gasteiger partial charge in [0.1, 0.15) is 5.75 Å². The molecule has 2 saturated heterocycles. The highest BCUT2D eigenvalue weighted by Crippen LogP contribution is 2.28. The molecule has 3 rings (SSSR count). The van der Waals surface area contributed by atoms with Gasteiger partial charge in [-0.1, -0.05) is 12.8 Å². The van der Waals surface area contributed by atoms with Gasteiger partial charge in [-0.25, -0.2) is 8.42 Å². The van der Waals surface area contributed by atoms with Crippen LogP contribution in [0.2, 0.25) is 0 Å². The van der Waals surface area contributed by atoms with Crippen molar-refractivity contribution in [1.29, 1.82) is 0 Å². The van der Waals surface area contributed by atoms with Crippen LogP contribution in [-0.4, -0.2) is 62.9 Å². The topological polar surface area (TPSA) is 92.9 Å². The first kappa shape index (κ1) is 20.1. The van der Waals surface area contributed by atoms with E-state index < -0.39 is 10.0 Å². The van der Waals surface area contributed by atoms with Crippen molar-refractivity contribution in [3.63, 3.8) is 0 Å². The van der Waals surface area contributed by atoms with Gasteiger partial charge in [-0.2, -0.15) is 4.31 Å². The number of rotatable bonds is 4. The summed E-state index contributed by atoms with van der Waals surface area (Å²) in [5.74, 6) is 0.191. The van der Waals surface area contributed by atoms with Crippen LogP contribution in [0, 0.1) is 0 Å². The molecule has 2 heterocycles. The van der Waals surface area contributed by atoms with E-state index in [1.54, 1.807) is 11.0 Å².